The van der Waals surface area contributed by atoms with Crippen molar-refractivity contribution in [3.05, 3.63) is 24.0 Å². The van der Waals surface area contributed by atoms with E-state index in [9.17, 15) is 4.39 Å². The summed E-state index contributed by atoms with van der Waals surface area (Å²) < 4.78 is 18.5. The number of halogens is 1. The fourth-order valence-corrected chi connectivity index (χ4v) is 1.39. The predicted octanol–water partition coefficient (Wildman–Crippen LogP) is 1.22. The van der Waals surface area contributed by atoms with Crippen molar-refractivity contribution in [1.29, 1.82) is 0 Å². The Hall–Kier alpha value is -1.29. The van der Waals surface area contributed by atoms with Gasteiger partial charge in [-0.25, -0.2) is 4.39 Å². The highest BCUT2D eigenvalue weighted by molar-refractivity contribution is 5.51. The summed E-state index contributed by atoms with van der Waals surface area (Å²) in [5.74, 6) is -0.0378. The van der Waals surface area contributed by atoms with Gasteiger partial charge >= 0.3 is 0 Å². The molecule has 0 amide bonds. The monoisotopic (exact) mass is 196 g/mol. The predicted molar refractivity (Wildman–Crippen MR) is 53.2 cm³/mol. The van der Waals surface area contributed by atoms with Crippen molar-refractivity contribution in [2.45, 2.75) is 6.04 Å². The van der Waals surface area contributed by atoms with Gasteiger partial charge in [-0.3, -0.25) is 0 Å². The van der Waals surface area contributed by atoms with E-state index in [4.69, 9.17) is 4.74 Å². The van der Waals surface area contributed by atoms with Crippen LogP contribution in [0.4, 0.5) is 10.1 Å². The third-order valence-electron chi connectivity index (χ3n) is 2.32. The molecule has 0 atom stereocenters. The lowest BCUT2D eigenvalue weighted by molar-refractivity contribution is 0.386. The van der Waals surface area contributed by atoms with Crippen molar-refractivity contribution in [3.63, 3.8) is 0 Å². The lowest BCUT2D eigenvalue weighted by atomic mass is 10.1. The molecule has 1 fully saturated rings. The maximum absolute atomic E-state index is 13.6. The van der Waals surface area contributed by atoms with Crippen molar-refractivity contribution >= 4 is 5.69 Å². The maximum Gasteiger partial charge on any atom is 0.188 e. The summed E-state index contributed by atoms with van der Waals surface area (Å²) in [5.41, 5.74) is 0.510. The molecule has 0 spiro atoms. The first-order valence-corrected chi connectivity index (χ1v) is 4.61. The van der Waals surface area contributed by atoms with Crippen LogP contribution in [0.1, 0.15) is 0 Å². The first-order valence-electron chi connectivity index (χ1n) is 4.61. The van der Waals surface area contributed by atoms with Crippen molar-refractivity contribution < 1.29 is 9.13 Å². The number of hydrogen-bond donors (Lipinski definition) is 2. The Morgan fingerprint density at radius 2 is 2.29 bits per heavy atom. The van der Waals surface area contributed by atoms with Crippen LogP contribution in [-0.2, 0) is 0 Å². The third-order valence-corrected chi connectivity index (χ3v) is 2.32. The van der Waals surface area contributed by atoms with Gasteiger partial charge in [0.1, 0.15) is 0 Å². The zero-order valence-electron chi connectivity index (χ0n) is 8.01. The van der Waals surface area contributed by atoms with E-state index in [0.717, 1.165) is 13.1 Å². The molecular weight excluding hydrogens is 183 g/mol. The molecule has 76 valence electrons. The number of nitrogens with one attached hydrogen (secondary N) is 2. The van der Waals surface area contributed by atoms with Gasteiger partial charge in [0.05, 0.1) is 18.8 Å². The van der Waals surface area contributed by atoms with E-state index in [2.05, 4.69) is 10.6 Å². The topological polar surface area (TPSA) is 33.3 Å². The number of benzene rings is 1. The standard InChI is InChI=1S/C10H13FN2O/c1-14-9-4-2-3-8(10(9)11)13-7-5-12-6-7/h2-4,7,12-13H,5-6H2,1H3. The zero-order chi connectivity index (χ0) is 9.97. The Labute approximate surface area is 82.3 Å². The van der Waals surface area contributed by atoms with Crippen LogP contribution >= 0.6 is 0 Å². The molecule has 14 heavy (non-hydrogen) atoms. The second-order valence-electron chi connectivity index (χ2n) is 3.32. The van der Waals surface area contributed by atoms with E-state index in [-0.39, 0.29) is 11.6 Å². The van der Waals surface area contributed by atoms with Crippen molar-refractivity contribution in [1.82, 2.24) is 5.32 Å². The van der Waals surface area contributed by atoms with Gasteiger partial charge in [-0.05, 0) is 12.1 Å². The molecule has 2 N–H and O–H groups in total. The summed E-state index contributed by atoms with van der Waals surface area (Å²) in [6.45, 7) is 1.77. The van der Waals surface area contributed by atoms with Crippen LogP contribution in [0.15, 0.2) is 18.2 Å². The molecule has 0 unspecified atom stereocenters. The molecule has 1 saturated heterocycles. The smallest absolute Gasteiger partial charge is 0.188 e. The number of rotatable bonds is 3. The van der Waals surface area contributed by atoms with Crippen molar-refractivity contribution in [3.8, 4) is 5.75 Å². The van der Waals surface area contributed by atoms with Crippen LogP contribution in [0.5, 0.6) is 5.75 Å². The Balaban J connectivity index is 2.15. The van der Waals surface area contributed by atoms with E-state index < -0.39 is 0 Å². The first kappa shape index (κ1) is 9.27. The molecule has 0 bridgehead atoms. The van der Waals surface area contributed by atoms with Crippen LogP contribution in [-0.4, -0.2) is 26.2 Å². The summed E-state index contributed by atoms with van der Waals surface area (Å²) in [5, 5.41) is 6.22. The Morgan fingerprint density at radius 3 is 2.86 bits per heavy atom. The molecule has 0 aliphatic carbocycles. The van der Waals surface area contributed by atoms with Gasteiger partial charge in [0.25, 0.3) is 0 Å². The average Bonchev–Trinajstić information content (AvgIpc) is 2.13. The summed E-state index contributed by atoms with van der Waals surface area (Å²) in [6.07, 6.45) is 0. The molecule has 3 nitrogen and oxygen atoms in total. The number of ether oxygens (including phenoxy) is 1. The highest BCUT2D eigenvalue weighted by atomic mass is 19.1. The van der Waals surface area contributed by atoms with E-state index in [1.807, 2.05) is 0 Å². The van der Waals surface area contributed by atoms with Gasteiger partial charge < -0.3 is 15.4 Å². The van der Waals surface area contributed by atoms with Gasteiger partial charge in [-0.1, -0.05) is 6.07 Å². The van der Waals surface area contributed by atoms with Crippen LogP contribution in [0, 0.1) is 5.82 Å². The van der Waals surface area contributed by atoms with Crippen LogP contribution in [0.3, 0.4) is 0 Å². The molecule has 1 aromatic carbocycles. The fourth-order valence-electron chi connectivity index (χ4n) is 1.39. The molecule has 0 aromatic heterocycles. The lowest BCUT2D eigenvalue weighted by Gasteiger charge is -2.29. The van der Waals surface area contributed by atoms with Gasteiger partial charge in [0.2, 0.25) is 0 Å². The SMILES string of the molecule is COc1cccc(NC2CNC2)c1F. The third kappa shape index (κ3) is 1.65. The largest absolute Gasteiger partial charge is 0.494 e. The second kappa shape index (κ2) is 3.84. The van der Waals surface area contributed by atoms with Crippen LogP contribution in [0.2, 0.25) is 0 Å². The van der Waals surface area contributed by atoms with E-state index in [1.54, 1.807) is 18.2 Å². The molecule has 4 heteroatoms. The van der Waals surface area contributed by atoms with Gasteiger partial charge in [0.15, 0.2) is 11.6 Å². The normalized spacial score (nSPS) is 16.1. The maximum atomic E-state index is 13.6. The van der Waals surface area contributed by atoms with Gasteiger partial charge in [0, 0.05) is 13.1 Å². The van der Waals surface area contributed by atoms with Crippen molar-refractivity contribution in [2.24, 2.45) is 0 Å². The highest BCUT2D eigenvalue weighted by Crippen LogP contribution is 2.24. The van der Waals surface area contributed by atoms with Gasteiger partial charge in [-0.15, -0.1) is 0 Å². The van der Waals surface area contributed by atoms with E-state index in [0.29, 0.717) is 11.7 Å². The number of hydrogen-bond acceptors (Lipinski definition) is 3. The lowest BCUT2D eigenvalue weighted by Crippen LogP contribution is -2.51. The summed E-state index contributed by atoms with van der Waals surface area (Å²) in [4.78, 5) is 0. The van der Waals surface area contributed by atoms with Crippen LogP contribution in [0.25, 0.3) is 0 Å². The molecule has 1 aromatic rings. The quantitative estimate of drug-likeness (QED) is 0.762. The minimum absolute atomic E-state index is 0.280. The average molecular weight is 196 g/mol. The Bertz CT molecular complexity index is 326. The molecule has 1 heterocycles. The Kier molecular flexibility index (Phi) is 2.54. The van der Waals surface area contributed by atoms with Gasteiger partial charge in [-0.2, -0.15) is 0 Å². The van der Waals surface area contributed by atoms with Crippen LogP contribution < -0.4 is 15.4 Å². The molecular formula is C10H13FN2O. The molecule has 2 rings (SSSR count). The summed E-state index contributed by atoms with van der Waals surface area (Å²) in [6, 6.07) is 5.43. The minimum atomic E-state index is -0.318. The number of methoxy groups -OCH3 is 1. The summed E-state index contributed by atoms with van der Waals surface area (Å²) in [7, 11) is 1.47. The molecule has 0 radical (unpaired) electrons. The highest BCUT2D eigenvalue weighted by Gasteiger charge is 2.18. The molecule has 1 aliphatic rings. The molecule has 0 saturated carbocycles. The molecule has 1 aliphatic heterocycles. The number of anilines is 1. The zero-order valence-corrected chi connectivity index (χ0v) is 8.01. The Morgan fingerprint density at radius 1 is 1.50 bits per heavy atom. The van der Waals surface area contributed by atoms with E-state index in [1.165, 1.54) is 7.11 Å². The second-order valence-corrected chi connectivity index (χ2v) is 3.32. The summed E-state index contributed by atoms with van der Waals surface area (Å²) >= 11 is 0. The first-order chi connectivity index (χ1) is 6.81. The minimum Gasteiger partial charge on any atom is -0.494 e. The van der Waals surface area contributed by atoms with Crippen molar-refractivity contribution in [2.75, 3.05) is 25.5 Å². The van der Waals surface area contributed by atoms with E-state index >= 15 is 0 Å². The fraction of sp³-hybridized carbons (Fsp3) is 0.400.